The summed E-state index contributed by atoms with van der Waals surface area (Å²) in [5.74, 6) is 0.538. The SMILES string of the molecule is CC(CCC(=O)OC(C)(C)C)C(N)=O.CCc1ccc(Br)c(Oc2ccccc2)c1C(=O)C(C)CC. The van der Waals surface area contributed by atoms with Gasteiger partial charge in [-0.3, -0.25) is 14.4 Å². The van der Waals surface area contributed by atoms with Gasteiger partial charge in [0.25, 0.3) is 0 Å². The van der Waals surface area contributed by atoms with Crippen LogP contribution in [0.4, 0.5) is 0 Å². The number of ketones is 1. The highest BCUT2D eigenvalue weighted by Crippen LogP contribution is 2.37. The van der Waals surface area contributed by atoms with Crippen molar-refractivity contribution in [1.29, 1.82) is 0 Å². The molecule has 6 nitrogen and oxygen atoms in total. The lowest BCUT2D eigenvalue weighted by Crippen LogP contribution is -2.25. The van der Waals surface area contributed by atoms with Gasteiger partial charge >= 0.3 is 5.97 Å². The second-order valence-electron chi connectivity index (χ2n) is 9.78. The Balaban J connectivity index is 0.000000402. The van der Waals surface area contributed by atoms with Crippen molar-refractivity contribution in [1.82, 2.24) is 0 Å². The van der Waals surface area contributed by atoms with E-state index >= 15 is 0 Å². The Morgan fingerprint density at radius 2 is 1.58 bits per heavy atom. The lowest BCUT2D eigenvalue weighted by atomic mass is 9.92. The van der Waals surface area contributed by atoms with Crippen LogP contribution in [-0.4, -0.2) is 23.3 Å². The first kappa shape index (κ1) is 31.4. The minimum absolute atomic E-state index is 0.0160. The lowest BCUT2D eigenvalue weighted by Gasteiger charge is -2.19. The first-order valence-electron chi connectivity index (χ1n) is 12.4. The van der Waals surface area contributed by atoms with Crippen molar-refractivity contribution in [3.05, 3.63) is 58.1 Å². The summed E-state index contributed by atoms with van der Waals surface area (Å²) >= 11 is 3.53. The predicted octanol–water partition coefficient (Wildman–Crippen LogP) is 7.26. The molecule has 2 aromatic rings. The van der Waals surface area contributed by atoms with E-state index in [2.05, 4.69) is 22.9 Å². The highest BCUT2D eigenvalue weighted by atomic mass is 79.9. The van der Waals surface area contributed by atoms with Crippen LogP contribution in [0.2, 0.25) is 0 Å². The van der Waals surface area contributed by atoms with Gasteiger partial charge in [0, 0.05) is 18.3 Å². The van der Waals surface area contributed by atoms with E-state index in [0.29, 0.717) is 17.7 Å². The number of halogens is 1. The molecule has 0 fully saturated rings. The normalized spacial score (nSPS) is 12.6. The zero-order chi connectivity index (χ0) is 27.5. The Morgan fingerprint density at radius 3 is 2.08 bits per heavy atom. The summed E-state index contributed by atoms with van der Waals surface area (Å²) in [5.41, 5.74) is 6.32. The van der Waals surface area contributed by atoms with Crippen LogP contribution in [0, 0.1) is 11.8 Å². The Bertz CT molecular complexity index is 1010. The second kappa shape index (κ2) is 14.8. The van der Waals surface area contributed by atoms with Gasteiger partial charge < -0.3 is 15.2 Å². The van der Waals surface area contributed by atoms with Crippen LogP contribution in [0.25, 0.3) is 0 Å². The van der Waals surface area contributed by atoms with Crippen molar-refractivity contribution in [2.75, 3.05) is 0 Å². The monoisotopic (exact) mass is 561 g/mol. The summed E-state index contributed by atoms with van der Waals surface area (Å²) in [6.45, 7) is 13.2. The number of carbonyl (C=O) groups excluding carboxylic acids is 3. The van der Waals surface area contributed by atoms with Crippen molar-refractivity contribution in [2.24, 2.45) is 17.6 Å². The van der Waals surface area contributed by atoms with Gasteiger partial charge in [0.1, 0.15) is 11.4 Å². The van der Waals surface area contributed by atoms with E-state index in [4.69, 9.17) is 15.2 Å². The molecule has 2 N–H and O–H groups in total. The van der Waals surface area contributed by atoms with Crippen LogP contribution in [0.3, 0.4) is 0 Å². The molecule has 2 atom stereocenters. The topological polar surface area (TPSA) is 95.7 Å². The fourth-order valence-electron chi connectivity index (χ4n) is 3.17. The molecule has 0 aromatic heterocycles. The van der Waals surface area contributed by atoms with E-state index in [-0.39, 0.29) is 35.9 Å². The van der Waals surface area contributed by atoms with E-state index in [1.165, 1.54) is 0 Å². The molecule has 36 heavy (non-hydrogen) atoms. The van der Waals surface area contributed by atoms with Crippen LogP contribution in [0.5, 0.6) is 11.5 Å². The minimum atomic E-state index is -0.465. The maximum atomic E-state index is 12.8. The van der Waals surface area contributed by atoms with Crippen molar-refractivity contribution < 1.29 is 23.9 Å². The number of benzene rings is 2. The number of amides is 1. The summed E-state index contributed by atoms with van der Waals surface area (Å²) in [6, 6.07) is 13.5. The van der Waals surface area contributed by atoms with E-state index in [1.54, 1.807) is 6.92 Å². The molecule has 0 aliphatic carbocycles. The van der Waals surface area contributed by atoms with Gasteiger partial charge in [-0.1, -0.05) is 52.0 Å². The number of para-hydroxylation sites is 1. The Hall–Kier alpha value is -2.67. The number of Topliss-reactive ketones (excluding diaryl/α,β-unsaturated/α-hetero) is 1. The molecule has 2 aromatic carbocycles. The van der Waals surface area contributed by atoms with E-state index in [9.17, 15) is 14.4 Å². The summed E-state index contributed by atoms with van der Waals surface area (Å²) in [7, 11) is 0. The highest BCUT2D eigenvalue weighted by molar-refractivity contribution is 9.10. The number of carbonyl (C=O) groups is 3. The average molecular weight is 563 g/mol. The molecule has 0 radical (unpaired) electrons. The van der Waals surface area contributed by atoms with Crippen LogP contribution in [-0.2, 0) is 20.7 Å². The number of rotatable bonds is 10. The molecular weight excluding hydrogens is 522 g/mol. The maximum Gasteiger partial charge on any atom is 0.306 e. The fraction of sp³-hybridized carbons (Fsp3) is 0.483. The van der Waals surface area contributed by atoms with Crippen LogP contribution >= 0.6 is 15.9 Å². The quantitative estimate of drug-likeness (QED) is 0.243. The number of esters is 1. The number of aryl methyl sites for hydroxylation is 1. The van der Waals surface area contributed by atoms with Crippen LogP contribution in [0.1, 0.15) is 83.7 Å². The molecule has 2 rings (SSSR count). The third kappa shape index (κ3) is 10.5. The molecule has 0 aliphatic rings. The second-order valence-corrected chi connectivity index (χ2v) is 10.6. The summed E-state index contributed by atoms with van der Waals surface area (Å²) < 4.78 is 11.9. The van der Waals surface area contributed by atoms with E-state index < -0.39 is 5.60 Å². The fourth-order valence-corrected chi connectivity index (χ4v) is 3.58. The molecule has 198 valence electrons. The molecule has 0 aliphatic heterocycles. The first-order chi connectivity index (χ1) is 16.8. The number of hydrogen-bond donors (Lipinski definition) is 1. The molecule has 0 spiro atoms. The summed E-state index contributed by atoms with van der Waals surface area (Å²) in [6.07, 6.45) is 2.31. The Labute approximate surface area is 224 Å². The molecule has 0 saturated heterocycles. The molecule has 0 bridgehead atoms. The van der Waals surface area contributed by atoms with Crippen molar-refractivity contribution >= 4 is 33.6 Å². The third-order valence-electron chi connectivity index (χ3n) is 5.53. The van der Waals surface area contributed by atoms with Gasteiger partial charge in [-0.25, -0.2) is 0 Å². The Kier molecular flexibility index (Phi) is 12.9. The van der Waals surface area contributed by atoms with Crippen LogP contribution < -0.4 is 10.5 Å². The standard InChI is InChI=1S/C19H21BrO2.C10H19NO3/c1-4-13(3)18(21)17-14(5-2)11-12-16(20)19(17)22-15-9-7-6-8-10-15;1-7(9(11)13)5-6-8(12)14-10(2,3)4/h6-13H,4-5H2,1-3H3;7H,5-6H2,1-4H3,(H2,11,13). The molecule has 0 heterocycles. The number of ether oxygens (including phenoxy) is 2. The van der Waals surface area contributed by atoms with E-state index in [0.717, 1.165) is 28.6 Å². The minimum Gasteiger partial charge on any atom is -0.460 e. The third-order valence-corrected chi connectivity index (χ3v) is 6.16. The average Bonchev–Trinajstić information content (AvgIpc) is 2.82. The Morgan fingerprint density at radius 1 is 0.972 bits per heavy atom. The van der Waals surface area contributed by atoms with Gasteiger partial charge in [-0.15, -0.1) is 0 Å². The molecular formula is C29H40BrNO5. The van der Waals surface area contributed by atoms with Crippen LogP contribution in [0.15, 0.2) is 46.9 Å². The zero-order valence-electron chi connectivity index (χ0n) is 22.5. The van der Waals surface area contributed by atoms with Gasteiger partial charge in [0.05, 0.1) is 10.0 Å². The number of primary amides is 1. The number of nitrogens with two attached hydrogens (primary N) is 1. The maximum absolute atomic E-state index is 12.8. The zero-order valence-corrected chi connectivity index (χ0v) is 24.1. The molecule has 2 unspecified atom stereocenters. The summed E-state index contributed by atoms with van der Waals surface area (Å²) in [5, 5.41) is 0. The van der Waals surface area contributed by atoms with E-state index in [1.807, 2.05) is 77.1 Å². The lowest BCUT2D eigenvalue weighted by molar-refractivity contribution is -0.155. The van der Waals surface area contributed by atoms with Gasteiger partial charge in [-0.05, 0) is 79.7 Å². The van der Waals surface area contributed by atoms with Crippen molar-refractivity contribution in [3.8, 4) is 11.5 Å². The molecule has 7 heteroatoms. The largest absolute Gasteiger partial charge is 0.460 e. The number of hydrogen-bond acceptors (Lipinski definition) is 5. The van der Waals surface area contributed by atoms with Crippen molar-refractivity contribution in [3.63, 3.8) is 0 Å². The summed E-state index contributed by atoms with van der Waals surface area (Å²) in [4.78, 5) is 34.7. The van der Waals surface area contributed by atoms with Gasteiger partial charge in [0.15, 0.2) is 11.5 Å². The predicted molar refractivity (Wildman–Crippen MR) is 147 cm³/mol. The molecule has 1 amide bonds. The smallest absolute Gasteiger partial charge is 0.306 e. The molecule has 0 saturated carbocycles. The highest BCUT2D eigenvalue weighted by Gasteiger charge is 2.23. The van der Waals surface area contributed by atoms with Gasteiger partial charge in [-0.2, -0.15) is 0 Å². The van der Waals surface area contributed by atoms with Gasteiger partial charge in [0.2, 0.25) is 5.91 Å². The van der Waals surface area contributed by atoms with Crippen molar-refractivity contribution in [2.45, 2.75) is 79.8 Å². The first-order valence-corrected chi connectivity index (χ1v) is 13.2.